The molecular formula is C24H26ClN3O4S. The van der Waals surface area contributed by atoms with Gasteiger partial charge in [0.2, 0.25) is 12.7 Å². The van der Waals surface area contributed by atoms with Crippen molar-refractivity contribution >= 4 is 44.2 Å². The average molecular weight is 488 g/mol. The maximum Gasteiger partial charge on any atom is 0.233 e. The van der Waals surface area contributed by atoms with Gasteiger partial charge in [-0.05, 0) is 48.7 Å². The number of carbonyl (C=O) groups is 1. The lowest BCUT2D eigenvalue weighted by Gasteiger charge is -2.27. The zero-order valence-corrected chi connectivity index (χ0v) is 20.1. The van der Waals surface area contributed by atoms with Crippen molar-refractivity contribution in [2.24, 2.45) is 0 Å². The number of hydrogen-bond donors (Lipinski definition) is 0. The minimum atomic E-state index is 0.0126. The van der Waals surface area contributed by atoms with Crippen LogP contribution in [0.2, 0.25) is 5.02 Å². The average Bonchev–Trinajstić information content (AvgIpc) is 3.47. The van der Waals surface area contributed by atoms with Gasteiger partial charge < -0.3 is 14.2 Å². The molecule has 5 rings (SSSR count). The van der Waals surface area contributed by atoms with Crippen LogP contribution in [0.1, 0.15) is 17.5 Å². The summed E-state index contributed by atoms with van der Waals surface area (Å²) in [4.78, 5) is 22.5. The molecule has 9 heteroatoms. The maximum atomic E-state index is 13.5. The highest BCUT2D eigenvalue weighted by Crippen LogP contribution is 2.35. The Kier molecular flexibility index (Phi) is 6.69. The van der Waals surface area contributed by atoms with E-state index in [-0.39, 0.29) is 19.1 Å². The summed E-state index contributed by atoms with van der Waals surface area (Å²) in [7, 11) is 0. The highest BCUT2D eigenvalue weighted by Gasteiger charge is 2.23. The summed E-state index contributed by atoms with van der Waals surface area (Å²) in [6, 6.07) is 9.52. The Labute approximate surface area is 201 Å². The molecule has 2 aliphatic rings. The molecule has 7 nitrogen and oxygen atoms in total. The molecule has 0 atom stereocenters. The van der Waals surface area contributed by atoms with Gasteiger partial charge in [0.15, 0.2) is 16.6 Å². The van der Waals surface area contributed by atoms with Gasteiger partial charge in [-0.3, -0.25) is 14.6 Å². The molecule has 2 aliphatic heterocycles. The van der Waals surface area contributed by atoms with Crippen molar-refractivity contribution in [2.45, 2.75) is 19.8 Å². The fraction of sp³-hybridized carbons (Fsp3) is 0.417. The Hall–Kier alpha value is -2.39. The molecule has 3 heterocycles. The number of rotatable bonds is 7. The van der Waals surface area contributed by atoms with Crippen LogP contribution in [0, 0.1) is 6.92 Å². The van der Waals surface area contributed by atoms with E-state index in [0.29, 0.717) is 28.2 Å². The molecule has 0 saturated carbocycles. The Balaban J connectivity index is 1.36. The summed E-state index contributed by atoms with van der Waals surface area (Å²) in [5.74, 6) is 1.41. The van der Waals surface area contributed by atoms with Crippen molar-refractivity contribution in [1.29, 1.82) is 0 Å². The van der Waals surface area contributed by atoms with Crippen LogP contribution in [0.3, 0.4) is 0 Å². The summed E-state index contributed by atoms with van der Waals surface area (Å²) in [6.07, 6.45) is 1.13. The van der Waals surface area contributed by atoms with Gasteiger partial charge in [0, 0.05) is 31.2 Å². The van der Waals surface area contributed by atoms with Crippen LogP contribution in [0.4, 0.5) is 5.13 Å². The number of nitrogens with zero attached hydrogens (tertiary/aromatic N) is 3. The van der Waals surface area contributed by atoms with Gasteiger partial charge in [-0.2, -0.15) is 0 Å². The molecule has 0 bridgehead atoms. The molecule has 0 spiro atoms. The van der Waals surface area contributed by atoms with E-state index < -0.39 is 0 Å². The molecule has 1 amide bonds. The summed E-state index contributed by atoms with van der Waals surface area (Å²) in [6.45, 7) is 7.11. The Morgan fingerprint density at radius 1 is 1.18 bits per heavy atom. The van der Waals surface area contributed by atoms with Crippen molar-refractivity contribution in [3.05, 3.63) is 46.5 Å². The number of amides is 1. The number of fused-ring (bicyclic) bond motifs is 2. The number of thiazole rings is 1. The number of morpholine rings is 1. The second-order valence-corrected chi connectivity index (χ2v) is 9.65. The van der Waals surface area contributed by atoms with E-state index in [1.807, 2.05) is 42.2 Å². The van der Waals surface area contributed by atoms with Gasteiger partial charge >= 0.3 is 0 Å². The molecule has 0 aliphatic carbocycles. The molecule has 3 aromatic rings. The first-order valence-corrected chi connectivity index (χ1v) is 12.3. The van der Waals surface area contributed by atoms with Crippen molar-refractivity contribution in [1.82, 2.24) is 9.88 Å². The molecule has 0 unspecified atom stereocenters. The summed E-state index contributed by atoms with van der Waals surface area (Å²) < 4.78 is 17.3. The topological polar surface area (TPSA) is 64.1 Å². The Bertz CT molecular complexity index is 1160. The van der Waals surface area contributed by atoms with E-state index in [1.165, 1.54) is 11.3 Å². The van der Waals surface area contributed by atoms with Crippen LogP contribution >= 0.6 is 22.9 Å². The van der Waals surface area contributed by atoms with E-state index >= 15 is 0 Å². The summed E-state index contributed by atoms with van der Waals surface area (Å²) >= 11 is 7.84. The first-order chi connectivity index (χ1) is 16.1. The number of carbonyl (C=O) groups excluding carboxylic acids is 1. The van der Waals surface area contributed by atoms with Gasteiger partial charge in [-0.15, -0.1) is 0 Å². The zero-order valence-electron chi connectivity index (χ0n) is 18.5. The van der Waals surface area contributed by atoms with Crippen molar-refractivity contribution in [3.8, 4) is 11.5 Å². The SMILES string of the molecule is Cc1c(Cl)ccc2sc(N(CCCN3CCOCC3)C(=O)Cc3ccc4c(c3)OCO4)nc12. The van der Waals surface area contributed by atoms with E-state index in [0.717, 1.165) is 60.6 Å². The highest BCUT2D eigenvalue weighted by molar-refractivity contribution is 7.22. The van der Waals surface area contributed by atoms with E-state index in [9.17, 15) is 4.79 Å². The van der Waals surface area contributed by atoms with Gasteiger partial charge in [-0.25, -0.2) is 4.98 Å². The standard InChI is InChI=1S/C24H26ClN3O4S/c1-16-18(25)4-6-21-23(16)26-24(33-21)28(8-2-7-27-9-11-30-12-10-27)22(29)14-17-3-5-19-20(13-17)32-15-31-19/h3-6,13H,2,7-12,14-15H2,1H3. The zero-order chi connectivity index (χ0) is 22.8. The number of aryl methyl sites for hydroxylation is 1. The number of benzene rings is 2. The maximum absolute atomic E-state index is 13.5. The lowest BCUT2D eigenvalue weighted by Crippen LogP contribution is -2.39. The second kappa shape index (κ2) is 9.85. The number of hydrogen-bond acceptors (Lipinski definition) is 7. The number of anilines is 1. The molecule has 1 aromatic heterocycles. The van der Waals surface area contributed by atoms with E-state index in [1.54, 1.807) is 0 Å². The quantitative estimate of drug-likeness (QED) is 0.495. The van der Waals surface area contributed by atoms with Gasteiger partial charge in [-0.1, -0.05) is 29.0 Å². The predicted octanol–water partition coefficient (Wildman–Crippen LogP) is 4.28. The van der Waals surface area contributed by atoms with Crippen LogP contribution in [-0.2, 0) is 16.0 Å². The van der Waals surface area contributed by atoms with Crippen molar-refractivity contribution < 1.29 is 19.0 Å². The van der Waals surface area contributed by atoms with E-state index in [4.69, 9.17) is 30.8 Å². The summed E-state index contributed by atoms with van der Waals surface area (Å²) in [5.41, 5.74) is 2.69. The molecule has 2 aromatic carbocycles. The third kappa shape index (κ3) is 4.94. The van der Waals surface area contributed by atoms with Crippen LogP contribution < -0.4 is 14.4 Å². The predicted molar refractivity (Wildman–Crippen MR) is 130 cm³/mol. The molecule has 1 saturated heterocycles. The third-order valence-electron chi connectivity index (χ3n) is 6.02. The molecule has 1 fully saturated rings. The normalized spacial score (nSPS) is 15.8. The van der Waals surface area contributed by atoms with Crippen LogP contribution in [0.15, 0.2) is 30.3 Å². The molecular weight excluding hydrogens is 462 g/mol. The smallest absolute Gasteiger partial charge is 0.233 e. The van der Waals surface area contributed by atoms with Gasteiger partial charge in [0.1, 0.15) is 0 Å². The summed E-state index contributed by atoms with van der Waals surface area (Å²) in [5, 5.41) is 1.40. The lowest BCUT2D eigenvalue weighted by atomic mass is 10.1. The first kappa shape index (κ1) is 22.4. The number of aromatic nitrogens is 1. The Morgan fingerprint density at radius 3 is 2.85 bits per heavy atom. The van der Waals surface area contributed by atoms with Crippen LogP contribution in [0.5, 0.6) is 11.5 Å². The van der Waals surface area contributed by atoms with Crippen LogP contribution in [-0.4, -0.2) is 62.0 Å². The van der Waals surface area contributed by atoms with Gasteiger partial charge in [0.05, 0.1) is 29.9 Å². The largest absolute Gasteiger partial charge is 0.454 e. The Morgan fingerprint density at radius 2 is 2.00 bits per heavy atom. The molecule has 33 heavy (non-hydrogen) atoms. The van der Waals surface area contributed by atoms with Crippen molar-refractivity contribution in [2.75, 3.05) is 51.1 Å². The van der Waals surface area contributed by atoms with Crippen LogP contribution in [0.25, 0.3) is 10.2 Å². The minimum Gasteiger partial charge on any atom is -0.454 e. The van der Waals surface area contributed by atoms with Gasteiger partial charge in [0.25, 0.3) is 0 Å². The molecule has 0 N–H and O–H groups in total. The number of halogens is 1. The molecule has 0 radical (unpaired) electrons. The lowest BCUT2D eigenvalue weighted by molar-refractivity contribution is -0.118. The highest BCUT2D eigenvalue weighted by atomic mass is 35.5. The monoisotopic (exact) mass is 487 g/mol. The van der Waals surface area contributed by atoms with Crippen molar-refractivity contribution in [3.63, 3.8) is 0 Å². The fourth-order valence-corrected chi connectivity index (χ4v) is 5.35. The second-order valence-electron chi connectivity index (χ2n) is 8.23. The van der Waals surface area contributed by atoms with E-state index in [2.05, 4.69) is 4.90 Å². The minimum absolute atomic E-state index is 0.0126. The molecule has 174 valence electrons. The fourth-order valence-electron chi connectivity index (χ4n) is 4.13. The number of ether oxygens (including phenoxy) is 3. The third-order valence-corrected chi connectivity index (χ3v) is 7.47. The first-order valence-electron chi connectivity index (χ1n) is 11.1.